The monoisotopic (exact) mass is 168 g/mol. The molecule has 0 bridgehead atoms. The Labute approximate surface area is 70.0 Å². The van der Waals surface area contributed by atoms with Crippen LogP contribution in [-0.4, -0.2) is 20.9 Å². The van der Waals surface area contributed by atoms with Gasteiger partial charge in [0.25, 0.3) is 0 Å². The third-order valence-corrected chi connectivity index (χ3v) is 0. The van der Waals surface area contributed by atoms with Crippen LogP contribution >= 0.6 is 7.37 Å². The standard InChI is InChI=1S/C2H7O2P.BF3.Li/c1-5(2,3)4;2-1(3)4;/h1-2H3,(H,3,4);;/q;;+1/p-1. The molecule has 0 spiro atoms. The van der Waals surface area contributed by atoms with Crippen molar-refractivity contribution >= 4 is 14.9 Å². The molecule has 0 saturated heterocycles. The minimum absolute atomic E-state index is 0. The molecule has 0 aliphatic carbocycles. The van der Waals surface area contributed by atoms with Gasteiger partial charge in [0.2, 0.25) is 0 Å². The van der Waals surface area contributed by atoms with E-state index in [1.165, 1.54) is 13.3 Å². The van der Waals surface area contributed by atoms with Gasteiger partial charge in [-0.15, -0.1) is 0 Å². The van der Waals surface area contributed by atoms with Crippen molar-refractivity contribution < 1.29 is 41.3 Å². The van der Waals surface area contributed by atoms with Crippen LogP contribution in [0.4, 0.5) is 12.9 Å². The third-order valence-electron chi connectivity index (χ3n) is 0. The molecule has 0 unspecified atom stereocenters. The zero-order chi connectivity index (χ0) is 8.08. The Kier molecular flexibility index (Phi) is 13.1. The number of rotatable bonds is 0. The summed E-state index contributed by atoms with van der Waals surface area (Å²) >= 11 is 0. The first-order valence-corrected chi connectivity index (χ1v) is 4.43. The fraction of sp³-hybridized carbons (Fsp3) is 1.00. The Morgan fingerprint density at radius 3 is 1.30 bits per heavy atom. The van der Waals surface area contributed by atoms with Gasteiger partial charge in [0.1, 0.15) is 0 Å². The fourth-order valence-corrected chi connectivity index (χ4v) is 0. The van der Waals surface area contributed by atoms with E-state index in [9.17, 15) is 22.4 Å². The summed E-state index contributed by atoms with van der Waals surface area (Å²) in [4.78, 5) is 9.66. The van der Waals surface area contributed by atoms with E-state index in [1.54, 1.807) is 0 Å². The molecule has 8 heteroatoms. The SMILES string of the molecule is CP(C)(=O)[O-].FB(F)F.[Li+]. The van der Waals surface area contributed by atoms with Gasteiger partial charge in [-0.2, -0.15) is 0 Å². The van der Waals surface area contributed by atoms with Crippen LogP contribution in [0.5, 0.6) is 0 Å². The first kappa shape index (κ1) is 16.9. The summed E-state index contributed by atoms with van der Waals surface area (Å²) in [5, 5.41) is 0. The molecule has 0 amide bonds. The van der Waals surface area contributed by atoms with E-state index in [0.717, 1.165) is 0 Å². The summed E-state index contributed by atoms with van der Waals surface area (Å²) < 4.78 is 38.7. The Balaban J connectivity index is -0.0000000910. The van der Waals surface area contributed by atoms with Crippen LogP contribution in [0.3, 0.4) is 0 Å². The van der Waals surface area contributed by atoms with Crippen molar-refractivity contribution in [2.75, 3.05) is 13.3 Å². The average Bonchev–Trinajstić information content (AvgIpc) is 1.19. The average molecular weight is 168 g/mol. The molecule has 0 atom stereocenters. The second-order valence-electron chi connectivity index (χ2n) is 1.50. The van der Waals surface area contributed by atoms with Crippen molar-refractivity contribution in [1.29, 1.82) is 0 Å². The second-order valence-corrected chi connectivity index (χ2v) is 4.00. The Bertz CT molecular complexity index is 95.7. The Morgan fingerprint density at radius 2 is 1.30 bits per heavy atom. The van der Waals surface area contributed by atoms with Crippen LogP contribution in [-0.2, 0) is 4.57 Å². The molecular weight excluding hydrogens is 162 g/mol. The molecule has 0 aromatic carbocycles. The van der Waals surface area contributed by atoms with Crippen molar-refractivity contribution in [3.63, 3.8) is 0 Å². The van der Waals surface area contributed by atoms with Gasteiger partial charge in [0.05, 0.1) is 0 Å². The predicted octanol–water partition coefficient (Wildman–Crippen LogP) is -2.23. The maximum Gasteiger partial charge on any atom is 1.00 e. The van der Waals surface area contributed by atoms with E-state index in [1.807, 2.05) is 0 Å². The van der Waals surface area contributed by atoms with Gasteiger partial charge in [-0.25, -0.2) is 0 Å². The first-order valence-electron chi connectivity index (χ1n) is 1.91. The largest absolute Gasteiger partial charge is 1.00 e. The first-order chi connectivity index (χ1) is 3.73. The van der Waals surface area contributed by atoms with Gasteiger partial charge in [-0.3, -0.25) is 12.9 Å². The molecule has 0 fully saturated rings. The Morgan fingerprint density at radius 1 is 1.30 bits per heavy atom. The van der Waals surface area contributed by atoms with Gasteiger partial charge in [-0.1, -0.05) is 0 Å². The predicted molar refractivity (Wildman–Crippen MR) is 28.5 cm³/mol. The fourth-order valence-electron chi connectivity index (χ4n) is 0. The molecule has 2 nitrogen and oxygen atoms in total. The van der Waals surface area contributed by atoms with Gasteiger partial charge in [0.15, 0.2) is 0 Å². The van der Waals surface area contributed by atoms with Crippen LogP contribution < -0.4 is 23.8 Å². The van der Waals surface area contributed by atoms with Crippen LogP contribution in [0.25, 0.3) is 0 Å². The Hall–Kier alpha value is 0.642. The molecule has 0 aliphatic heterocycles. The molecular formula is C2H6BF3LiO2P. The van der Waals surface area contributed by atoms with Gasteiger partial charge >= 0.3 is 26.4 Å². The van der Waals surface area contributed by atoms with E-state index >= 15 is 0 Å². The topological polar surface area (TPSA) is 40.1 Å². The van der Waals surface area contributed by atoms with E-state index in [2.05, 4.69) is 0 Å². The quantitative estimate of drug-likeness (QED) is 0.303. The van der Waals surface area contributed by atoms with Crippen LogP contribution in [0.15, 0.2) is 0 Å². The van der Waals surface area contributed by atoms with Gasteiger partial charge < -0.3 is 9.46 Å². The second kappa shape index (κ2) is 7.75. The van der Waals surface area contributed by atoms with Gasteiger partial charge in [0, 0.05) is 7.37 Å². The molecule has 0 aromatic heterocycles. The zero-order valence-corrected chi connectivity index (χ0v) is 6.87. The van der Waals surface area contributed by atoms with Crippen molar-refractivity contribution in [3.05, 3.63) is 0 Å². The van der Waals surface area contributed by atoms with E-state index in [4.69, 9.17) is 0 Å². The molecule has 0 aromatic rings. The summed E-state index contributed by atoms with van der Waals surface area (Å²) in [5.74, 6) is 0. The summed E-state index contributed by atoms with van der Waals surface area (Å²) in [6.45, 7) is 2.38. The number of halogens is 3. The number of hydrogen-bond acceptors (Lipinski definition) is 2. The molecule has 0 aliphatic rings. The molecule has 10 heavy (non-hydrogen) atoms. The summed E-state index contributed by atoms with van der Waals surface area (Å²) in [5.41, 5.74) is 0. The molecule has 56 valence electrons. The smallest absolute Gasteiger partial charge is 0.800 e. The maximum absolute atomic E-state index is 9.67. The van der Waals surface area contributed by atoms with Crippen molar-refractivity contribution in [3.8, 4) is 0 Å². The van der Waals surface area contributed by atoms with Crippen LogP contribution in [0, 0.1) is 0 Å². The summed E-state index contributed by atoms with van der Waals surface area (Å²) in [7, 11) is -6.56. The minimum atomic E-state index is -3.67. The molecule has 0 radical (unpaired) electrons. The summed E-state index contributed by atoms with van der Waals surface area (Å²) in [6, 6.07) is 0. The van der Waals surface area contributed by atoms with Crippen molar-refractivity contribution in [2.24, 2.45) is 0 Å². The zero-order valence-electron chi connectivity index (χ0n) is 5.97. The van der Waals surface area contributed by atoms with Crippen LogP contribution in [0.2, 0.25) is 0 Å². The minimum Gasteiger partial charge on any atom is -0.800 e. The normalized spacial score (nSPS) is 8.60. The van der Waals surface area contributed by atoms with E-state index in [-0.39, 0.29) is 18.9 Å². The van der Waals surface area contributed by atoms with E-state index in [0.29, 0.717) is 0 Å². The third kappa shape index (κ3) is 1220. The summed E-state index contributed by atoms with van der Waals surface area (Å²) in [6.07, 6.45) is 0. The van der Waals surface area contributed by atoms with Crippen molar-refractivity contribution in [1.82, 2.24) is 0 Å². The van der Waals surface area contributed by atoms with Crippen molar-refractivity contribution in [2.45, 2.75) is 0 Å². The van der Waals surface area contributed by atoms with E-state index < -0.39 is 14.9 Å². The molecule has 0 N–H and O–H groups in total. The van der Waals surface area contributed by atoms with Gasteiger partial charge in [-0.05, 0) is 13.3 Å². The molecule has 0 rings (SSSR count). The molecule has 0 heterocycles. The maximum atomic E-state index is 9.67. The van der Waals surface area contributed by atoms with Crippen LogP contribution in [0.1, 0.15) is 0 Å². The number of hydrogen-bond donors (Lipinski definition) is 0. The molecule has 0 saturated carbocycles.